The quantitative estimate of drug-likeness (QED) is 0.0470. The molecule has 13 heteroatoms. The second kappa shape index (κ2) is 38.1. The average molecular weight is 521 g/mol. The number of carboxylic acids is 1. The maximum Gasteiger partial charge on any atom is 0.333 e. The Balaban J connectivity index is -0.000000147. The van der Waals surface area contributed by atoms with E-state index in [0.29, 0.717) is 11.8 Å². The summed E-state index contributed by atoms with van der Waals surface area (Å²) in [5.74, 6) is -2.81. The van der Waals surface area contributed by atoms with E-state index in [1.54, 1.807) is 0 Å². The molecule has 0 aliphatic carbocycles. The first-order valence-electron chi connectivity index (χ1n) is 9.64. The van der Waals surface area contributed by atoms with E-state index < -0.39 is 23.9 Å². The predicted octanol–water partition coefficient (Wildman–Crippen LogP) is 3.48. The zero-order valence-electron chi connectivity index (χ0n) is 20.5. The highest BCUT2D eigenvalue weighted by atomic mass is 17.7. The Labute approximate surface area is 210 Å². The first-order chi connectivity index (χ1) is 17.2. The van der Waals surface area contributed by atoms with E-state index in [9.17, 15) is 19.2 Å². The second-order valence-electron chi connectivity index (χ2n) is 4.74. The summed E-state index contributed by atoms with van der Waals surface area (Å²) in [6, 6.07) is 0. The van der Waals surface area contributed by atoms with Crippen molar-refractivity contribution in [1.29, 1.82) is 0 Å². The van der Waals surface area contributed by atoms with Gasteiger partial charge >= 0.3 is 23.9 Å². The summed E-state index contributed by atoms with van der Waals surface area (Å²) in [4.78, 5) is 50.6. The van der Waals surface area contributed by atoms with Crippen LogP contribution in [0.15, 0.2) is 76.8 Å². The van der Waals surface area contributed by atoms with Gasteiger partial charge in [-0.05, 0) is 12.0 Å². The fourth-order valence-corrected chi connectivity index (χ4v) is 1.05. The lowest BCUT2D eigenvalue weighted by atomic mass is 10.3. The number of carbonyl (C=O) groups is 4. The summed E-state index contributed by atoms with van der Waals surface area (Å²) >= 11 is 0. The van der Waals surface area contributed by atoms with Crippen molar-refractivity contribution in [2.24, 2.45) is 0 Å². The standard InChI is InChI=1S/C9H12O6.C8H12O7.3C2H4/c1-2-8(12)14-5-6-15-9(13)4-3-7(10)11;1-7(2)8(10)11-5-6-13-15-14-12-4-3-9;3*1-2/h2H,1,3-6H2,(H,10,11);3-4,9H,1,5-6H2,2H3;3*1-2H2/b;4-3-;;;. The zero-order chi connectivity index (χ0) is 29.2. The molecule has 206 valence electrons. The Bertz CT molecular complexity index is 625. The van der Waals surface area contributed by atoms with Crippen LogP contribution in [0.2, 0.25) is 0 Å². The van der Waals surface area contributed by atoms with Gasteiger partial charge in [0.1, 0.15) is 32.7 Å². The van der Waals surface area contributed by atoms with Crippen LogP contribution in [0.3, 0.4) is 0 Å². The smallest absolute Gasteiger partial charge is 0.333 e. The summed E-state index contributed by atoms with van der Waals surface area (Å²) in [7, 11) is 0. The molecule has 0 aliphatic rings. The molecule has 0 bridgehead atoms. The third-order valence-corrected chi connectivity index (χ3v) is 2.28. The highest BCUT2D eigenvalue weighted by Crippen LogP contribution is 1.93. The predicted molar refractivity (Wildman–Crippen MR) is 129 cm³/mol. The molecule has 0 fully saturated rings. The lowest BCUT2D eigenvalue weighted by Crippen LogP contribution is -2.13. The molecule has 0 aromatic heterocycles. The summed E-state index contributed by atoms with van der Waals surface area (Å²) in [6.07, 6.45) is 1.94. The lowest BCUT2D eigenvalue weighted by Gasteiger charge is -2.03. The van der Waals surface area contributed by atoms with Gasteiger partial charge in [0.2, 0.25) is 0 Å². The number of carbonyl (C=O) groups excluding carboxylic acids is 3. The number of hydrogen-bond acceptors (Lipinski definition) is 12. The average Bonchev–Trinajstić information content (AvgIpc) is 2.90. The van der Waals surface area contributed by atoms with Crippen molar-refractivity contribution in [1.82, 2.24) is 0 Å². The molecule has 0 saturated heterocycles. The molecule has 0 unspecified atom stereocenters. The van der Waals surface area contributed by atoms with E-state index in [-0.39, 0.29) is 39.3 Å². The normalized spacial score (nSPS) is 8.36. The lowest BCUT2D eigenvalue weighted by molar-refractivity contribution is -0.621. The van der Waals surface area contributed by atoms with E-state index in [1.165, 1.54) is 6.92 Å². The molecular weight excluding hydrogens is 484 g/mol. The Kier molecular flexibility index (Phi) is 44.4. The van der Waals surface area contributed by atoms with E-state index in [1.807, 2.05) is 0 Å². The molecule has 0 saturated carbocycles. The topological polar surface area (TPSA) is 173 Å². The van der Waals surface area contributed by atoms with E-state index in [2.05, 4.69) is 86.7 Å². The van der Waals surface area contributed by atoms with Crippen LogP contribution in [0.5, 0.6) is 0 Å². The first-order valence-corrected chi connectivity index (χ1v) is 9.64. The van der Waals surface area contributed by atoms with Crippen LogP contribution in [-0.4, -0.2) is 60.5 Å². The summed E-state index contributed by atoms with van der Waals surface area (Å²) < 4.78 is 13.7. The Morgan fingerprint density at radius 2 is 1.33 bits per heavy atom. The molecule has 13 nitrogen and oxygen atoms in total. The highest BCUT2D eigenvalue weighted by Gasteiger charge is 2.06. The first kappa shape index (κ1) is 42.0. The van der Waals surface area contributed by atoms with Crippen LogP contribution in [0.25, 0.3) is 0 Å². The molecule has 36 heavy (non-hydrogen) atoms. The SMILES string of the molecule is C=C.C=C.C=C.C=C(C)C(=O)OCCOOOO/C=C\O.C=CC(=O)OCCOC(=O)CCC(=O)O. The molecule has 0 spiro atoms. The fourth-order valence-electron chi connectivity index (χ4n) is 1.05. The van der Waals surface area contributed by atoms with Gasteiger partial charge in [0.25, 0.3) is 0 Å². The minimum Gasteiger partial charge on any atom is -0.512 e. The van der Waals surface area contributed by atoms with Gasteiger partial charge in [-0.1, -0.05) is 13.2 Å². The third-order valence-electron chi connectivity index (χ3n) is 2.28. The largest absolute Gasteiger partial charge is 0.512 e. The van der Waals surface area contributed by atoms with Crippen molar-refractivity contribution in [2.45, 2.75) is 19.8 Å². The Morgan fingerprint density at radius 3 is 1.81 bits per heavy atom. The Hall–Kier alpha value is -4.20. The zero-order valence-corrected chi connectivity index (χ0v) is 20.5. The van der Waals surface area contributed by atoms with Crippen LogP contribution < -0.4 is 0 Å². The summed E-state index contributed by atoms with van der Waals surface area (Å²) in [6.45, 7) is 25.9. The van der Waals surface area contributed by atoms with Gasteiger partial charge in [-0.15, -0.1) is 39.5 Å². The van der Waals surface area contributed by atoms with Gasteiger partial charge in [0.15, 0.2) is 6.26 Å². The number of esters is 3. The Morgan fingerprint density at radius 1 is 0.806 bits per heavy atom. The molecule has 0 aliphatic heterocycles. The second-order valence-corrected chi connectivity index (χ2v) is 4.74. The van der Waals surface area contributed by atoms with Crippen LogP contribution in [0, 0.1) is 0 Å². The third kappa shape index (κ3) is 43.6. The number of hydrogen-bond donors (Lipinski definition) is 2. The highest BCUT2D eigenvalue weighted by molar-refractivity contribution is 5.86. The minimum absolute atomic E-state index is 0.00904. The number of carboxylic acid groups (broad SMARTS) is 1. The maximum atomic E-state index is 10.8. The van der Waals surface area contributed by atoms with Gasteiger partial charge in [0.05, 0.1) is 12.8 Å². The fraction of sp³-hybridized carbons (Fsp3) is 0.304. The van der Waals surface area contributed by atoms with E-state index >= 15 is 0 Å². The van der Waals surface area contributed by atoms with Crippen molar-refractivity contribution >= 4 is 23.9 Å². The van der Waals surface area contributed by atoms with Crippen LogP contribution in [0.4, 0.5) is 0 Å². The van der Waals surface area contributed by atoms with Crippen molar-refractivity contribution in [3.63, 3.8) is 0 Å². The van der Waals surface area contributed by atoms with Gasteiger partial charge in [-0.3, -0.25) is 9.59 Å². The molecular formula is C23H36O13. The molecule has 0 heterocycles. The number of aliphatic hydroxyl groups is 1. The van der Waals surface area contributed by atoms with Gasteiger partial charge in [0, 0.05) is 16.7 Å². The molecule has 0 aromatic carbocycles. The van der Waals surface area contributed by atoms with Crippen molar-refractivity contribution in [2.75, 3.05) is 26.4 Å². The number of ether oxygens (including phenoxy) is 3. The molecule has 0 radical (unpaired) electrons. The van der Waals surface area contributed by atoms with Gasteiger partial charge in [-0.25, -0.2) is 9.59 Å². The van der Waals surface area contributed by atoms with Crippen molar-refractivity contribution in [3.05, 3.63) is 76.8 Å². The van der Waals surface area contributed by atoms with E-state index in [4.69, 9.17) is 10.2 Å². The summed E-state index contributed by atoms with van der Waals surface area (Å²) in [5.41, 5.74) is 0.295. The molecule has 2 N–H and O–H groups in total. The van der Waals surface area contributed by atoms with Gasteiger partial charge < -0.3 is 29.3 Å². The minimum atomic E-state index is -1.06. The number of aliphatic carboxylic acids is 1. The van der Waals surface area contributed by atoms with Crippen LogP contribution in [0.1, 0.15) is 19.8 Å². The molecule has 0 rings (SSSR count). The molecule has 0 aromatic rings. The van der Waals surface area contributed by atoms with Crippen molar-refractivity contribution < 1.29 is 63.5 Å². The summed E-state index contributed by atoms with van der Waals surface area (Å²) in [5, 5.41) is 24.2. The maximum absolute atomic E-state index is 10.8. The van der Waals surface area contributed by atoms with Crippen LogP contribution >= 0.6 is 0 Å². The van der Waals surface area contributed by atoms with Crippen LogP contribution in [-0.2, 0) is 53.2 Å². The number of aliphatic hydroxyl groups excluding tert-OH is 1. The monoisotopic (exact) mass is 520 g/mol. The van der Waals surface area contributed by atoms with Gasteiger partial charge in [-0.2, -0.15) is 4.89 Å². The van der Waals surface area contributed by atoms with E-state index in [0.717, 1.165) is 12.3 Å². The number of rotatable bonds is 15. The molecule has 0 atom stereocenters. The van der Waals surface area contributed by atoms with Crippen molar-refractivity contribution in [3.8, 4) is 0 Å². The molecule has 0 amide bonds.